The minimum atomic E-state index is -4.76. The number of nitrogens with zero attached hydrogens (tertiary/aromatic N) is 1. The fourth-order valence-corrected chi connectivity index (χ4v) is 4.58. The van der Waals surface area contributed by atoms with Crippen LogP contribution >= 0.6 is 0 Å². The number of nitrogens with one attached hydrogen (secondary N) is 2. The monoisotopic (exact) mass is 588 g/mol. The number of anilines is 1. The van der Waals surface area contributed by atoms with Gasteiger partial charge in [-0.25, -0.2) is 9.38 Å². The van der Waals surface area contributed by atoms with E-state index in [0.717, 1.165) is 6.07 Å². The molecule has 0 saturated heterocycles. The number of aliphatic imine (C=N–C) groups is 1. The summed E-state index contributed by atoms with van der Waals surface area (Å²) in [7, 11) is 0. The molecule has 0 aliphatic carbocycles. The topological polar surface area (TPSA) is 114 Å². The lowest BCUT2D eigenvalue weighted by Crippen LogP contribution is -2.48. The number of carbonyl (C=O) groups is 3. The Kier molecular flexibility index (Phi) is 9.77. The molecule has 0 saturated carbocycles. The van der Waals surface area contributed by atoms with Crippen molar-refractivity contribution < 1.29 is 45.1 Å². The van der Waals surface area contributed by atoms with E-state index in [0.29, 0.717) is 16.8 Å². The van der Waals surface area contributed by atoms with E-state index in [1.165, 1.54) is 18.2 Å². The van der Waals surface area contributed by atoms with Crippen LogP contribution in [-0.2, 0) is 14.4 Å². The Morgan fingerprint density at radius 3 is 2.27 bits per heavy atom. The van der Waals surface area contributed by atoms with Gasteiger partial charge in [0, 0.05) is 35.8 Å². The van der Waals surface area contributed by atoms with Crippen molar-refractivity contribution in [1.29, 1.82) is 0 Å². The smallest absolute Gasteiger partial charge is 0.369 e. The molecule has 222 valence electrons. The van der Waals surface area contributed by atoms with Gasteiger partial charge in [0.25, 0.3) is 5.91 Å². The maximum absolute atomic E-state index is 14.1. The number of para-hydroxylation sites is 1. The fourth-order valence-electron chi connectivity index (χ4n) is 4.58. The van der Waals surface area contributed by atoms with Crippen LogP contribution in [0.5, 0.6) is 0 Å². The molecule has 41 heavy (non-hydrogen) atoms. The lowest BCUT2D eigenvalue weighted by Gasteiger charge is -2.26. The van der Waals surface area contributed by atoms with Crippen molar-refractivity contribution in [3.63, 3.8) is 0 Å². The maximum Gasteiger partial charge on any atom is 0.389 e. The van der Waals surface area contributed by atoms with Crippen LogP contribution in [0.1, 0.15) is 48.8 Å². The second kappa shape index (κ2) is 12.7. The van der Waals surface area contributed by atoms with Gasteiger partial charge in [-0.3, -0.25) is 14.4 Å². The van der Waals surface area contributed by atoms with Gasteiger partial charge >= 0.3 is 12.4 Å². The minimum absolute atomic E-state index is 0.0790. The number of hydrogen-bond acceptors (Lipinski definition) is 4. The molecular formula is C27H27F7N4O3. The Balaban J connectivity index is 1.99. The Hall–Kier alpha value is -3.97. The highest BCUT2D eigenvalue weighted by Gasteiger charge is 2.39. The zero-order chi connectivity index (χ0) is 30.5. The van der Waals surface area contributed by atoms with Gasteiger partial charge in [0.15, 0.2) is 0 Å². The van der Waals surface area contributed by atoms with Crippen LogP contribution in [0.4, 0.5) is 36.4 Å². The number of amides is 3. The molecule has 2 aromatic carbocycles. The molecule has 1 aliphatic heterocycles. The fraction of sp³-hybridized carbons (Fsp3) is 0.407. The predicted molar refractivity (Wildman–Crippen MR) is 135 cm³/mol. The summed E-state index contributed by atoms with van der Waals surface area (Å²) in [6.07, 6.45) is -16.2. The van der Waals surface area contributed by atoms with Gasteiger partial charge in [0.2, 0.25) is 18.0 Å². The molecule has 3 rings (SSSR count). The summed E-state index contributed by atoms with van der Waals surface area (Å²) < 4.78 is 91.3. The minimum Gasteiger partial charge on any atom is -0.369 e. The molecule has 14 heteroatoms. The molecule has 2 aromatic rings. The molecule has 3 atom stereocenters. The normalized spacial score (nSPS) is 17.0. The van der Waals surface area contributed by atoms with Crippen LogP contribution in [0.3, 0.4) is 0 Å². The van der Waals surface area contributed by atoms with E-state index >= 15 is 0 Å². The Bertz CT molecular complexity index is 1320. The Morgan fingerprint density at radius 2 is 1.66 bits per heavy atom. The first kappa shape index (κ1) is 31.6. The molecule has 7 nitrogen and oxygen atoms in total. The Labute approximate surface area is 230 Å². The second-order valence-electron chi connectivity index (χ2n) is 9.66. The lowest BCUT2D eigenvalue weighted by atomic mass is 9.83. The third-order valence-electron chi connectivity index (χ3n) is 6.56. The summed E-state index contributed by atoms with van der Waals surface area (Å²) in [6, 6.07) is 10.1. The van der Waals surface area contributed by atoms with Gasteiger partial charge in [-0.2, -0.15) is 26.3 Å². The molecule has 4 N–H and O–H groups in total. The number of benzodiazepines with no additional fused rings is 1. The summed E-state index contributed by atoms with van der Waals surface area (Å²) in [5.74, 6) is -7.49. The van der Waals surface area contributed by atoms with Gasteiger partial charge in [0.1, 0.15) is 5.82 Å². The summed E-state index contributed by atoms with van der Waals surface area (Å²) in [6.45, 7) is 1.67. The van der Waals surface area contributed by atoms with Crippen molar-refractivity contribution in [1.82, 2.24) is 5.32 Å². The van der Waals surface area contributed by atoms with Crippen molar-refractivity contribution in [2.45, 2.75) is 57.5 Å². The predicted octanol–water partition coefficient (Wildman–Crippen LogP) is 5.16. The first-order valence-corrected chi connectivity index (χ1v) is 12.5. The molecule has 0 bridgehead atoms. The number of hydrogen-bond donors (Lipinski definition) is 3. The average Bonchev–Trinajstić information content (AvgIpc) is 2.99. The van der Waals surface area contributed by atoms with E-state index in [4.69, 9.17) is 5.73 Å². The molecular weight excluding hydrogens is 561 g/mol. The SMILES string of the molecule is Cc1cccc2c1NC(=O)[C@@H](NC(=O)[C@H](CCC(F)(F)F)[C@H](CCCC(F)(F)F)C(N)=O)N=C2c1cccc(F)c1. The van der Waals surface area contributed by atoms with Crippen LogP contribution < -0.4 is 16.4 Å². The summed E-state index contributed by atoms with van der Waals surface area (Å²) in [4.78, 5) is 42.9. The number of benzene rings is 2. The van der Waals surface area contributed by atoms with Gasteiger partial charge in [-0.1, -0.05) is 30.3 Å². The molecule has 0 fully saturated rings. The van der Waals surface area contributed by atoms with Crippen molar-refractivity contribution in [2.24, 2.45) is 22.6 Å². The highest BCUT2D eigenvalue weighted by Crippen LogP contribution is 2.32. The number of fused-ring (bicyclic) bond motifs is 1. The largest absolute Gasteiger partial charge is 0.389 e. The van der Waals surface area contributed by atoms with Gasteiger partial charge < -0.3 is 16.4 Å². The van der Waals surface area contributed by atoms with Gasteiger partial charge in [0.05, 0.1) is 11.4 Å². The third-order valence-corrected chi connectivity index (χ3v) is 6.56. The number of carbonyl (C=O) groups excluding carboxylic acids is 3. The van der Waals surface area contributed by atoms with Crippen molar-refractivity contribution in [3.05, 3.63) is 65.0 Å². The van der Waals surface area contributed by atoms with E-state index in [2.05, 4.69) is 15.6 Å². The average molecular weight is 589 g/mol. The number of alkyl halides is 6. The summed E-state index contributed by atoms with van der Waals surface area (Å²) >= 11 is 0. The molecule has 1 heterocycles. The summed E-state index contributed by atoms with van der Waals surface area (Å²) in [5.41, 5.74) is 6.88. The first-order chi connectivity index (χ1) is 19.1. The maximum atomic E-state index is 14.1. The Morgan fingerprint density at radius 1 is 1.00 bits per heavy atom. The van der Waals surface area contributed by atoms with Crippen LogP contribution in [0.15, 0.2) is 47.5 Å². The van der Waals surface area contributed by atoms with Crippen LogP contribution in [-0.4, -0.2) is 42.0 Å². The summed E-state index contributed by atoms with van der Waals surface area (Å²) in [5, 5.41) is 4.83. The number of halogens is 7. The van der Waals surface area contributed by atoms with E-state index in [1.807, 2.05) is 0 Å². The standard InChI is InChI=1S/C27H27F7N4O3/c1-14-5-2-8-19-20(14)37-25(41)23(36-21(19)15-6-3-7-16(28)13-15)38-24(40)18(10-12-27(32,33)34)17(22(35)39)9-4-11-26(29,30)31/h2-3,5-8,13,17-18,23H,4,9-12H2,1H3,(H2,35,39)(H,37,41)(H,38,40)/t17-,18+,23+/m0/s1. The molecule has 0 spiro atoms. The van der Waals surface area contributed by atoms with E-state index in [9.17, 15) is 45.1 Å². The highest BCUT2D eigenvalue weighted by atomic mass is 19.4. The molecule has 3 amide bonds. The number of aryl methyl sites for hydroxylation is 1. The molecule has 1 aliphatic rings. The zero-order valence-electron chi connectivity index (χ0n) is 21.7. The van der Waals surface area contributed by atoms with Crippen molar-refractivity contribution >= 4 is 29.1 Å². The zero-order valence-corrected chi connectivity index (χ0v) is 21.7. The first-order valence-electron chi connectivity index (χ1n) is 12.5. The van der Waals surface area contributed by atoms with Crippen LogP contribution in [0.25, 0.3) is 0 Å². The second-order valence-corrected chi connectivity index (χ2v) is 9.66. The highest BCUT2D eigenvalue weighted by molar-refractivity contribution is 6.20. The molecule has 0 aromatic heterocycles. The van der Waals surface area contributed by atoms with Crippen molar-refractivity contribution in [3.8, 4) is 0 Å². The molecule has 0 unspecified atom stereocenters. The van der Waals surface area contributed by atoms with Crippen molar-refractivity contribution in [2.75, 3.05) is 5.32 Å². The van der Waals surface area contributed by atoms with E-state index in [-0.39, 0.29) is 11.3 Å². The van der Waals surface area contributed by atoms with Gasteiger partial charge in [-0.05, 0) is 43.9 Å². The number of rotatable bonds is 10. The third kappa shape index (κ3) is 8.76. The van der Waals surface area contributed by atoms with Crippen LogP contribution in [0.2, 0.25) is 0 Å². The van der Waals surface area contributed by atoms with Gasteiger partial charge in [-0.15, -0.1) is 0 Å². The quantitative estimate of drug-likeness (QED) is 0.333. The van der Waals surface area contributed by atoms with E-state index in [1.54, 1.807) is 25.1 Å². The molecule has 0 radical (unpaired) electrons. The number of primary amides is 1. The van der Waals surface area contributed by atoms with Crippen LogP contribution in [0, 0.1) is 24.6 Å². The lowest BCUT2D eigenvalue weighted by molar-refractivity contribution is -0.147. The van der Waals surface area contributed by atoms with E-state index < -0.39 is 86.0 Å². The number of nitrogens with two attached hydrogens (primary N) is 1.